The number of pyridine rings is 1. The summed E-state index contributed by atoms with van der Waals surface area (Å²) in [7, 11) is 1.82. The predicted octanol–water partition coefficient (Wildman–Crippen LogP) is 1.51. The van der Waals surface area contributed by atoms with Crippen molar-refractivity contribution in [2.45, 2.75) is 33.7 Å². The van der Waals surface area contributed by atoms with Crippen LogP contribution in [0.4, 0.5) is 0 Å². The molecule has 0 saturated carbocycles. The van der Waals surface area contributed by atoms with Gasteiger partial charge in [0.05, 0.1) is 17.9 Å². The highest BCUT2D eigenvalue weighted by Crippen LogP contribution is 2.10. The Labute approximate surface area is 122 Å². The standard InChI is InChI=1S/C15H19N3O3/c1-5-11-7-12(17(4)16-11)8-18-10(3)6-9(2)13(14(18)19)15(20)21/h6-7H,5,8H2,1-4H3,(H,20,21). The van der Waals surface area contributed by atoms with Gasteiger partial charge in [-0.1, -0.05) is 6.92 Å². The molecule has 0 unspecified atom stereocenters. The van der Waals surface area contributed by atoms with Gasteiger partial charge in [-0.2, -0.15) is 5.10 Å². The van der Waals surface area contributed by atoms with Gasteiger partial charge >= 0.3 is 5.97 Å². The molecule has 112 valence electrons. The number of aryl methyl sites for hydroxylation is 4. The highest BCUT2D eigenvalue weighted by atomic mass is 16.4. The zero-order valence-corrected chi connectivity index (χ0v) is 12.7. The summed E-state index contributed by atoms with van der Waals surface area (Å²) >= 11 is 0. The van der Waals surface area contributed by atoms with E-state index in [1.54, 1.807) is 24.6 Å². The zero-order valence-electron chi connectivity index (χ0n) is 12.7. The topological polar surface area (TPSA) is 77.1 Å². The van der Waals surface area contributed by atoms with E-state index in [1.807, 2.05) is 20.0 Å². The first-order valence-corrected chi connectivity index (χ1v) is 6.81. The van der Waals surface area contributed by atoms with Crippen molar-refractivity contribution in [2.75, 3.05) is 0 Å². The summed E-state index contributed by atoms with van der Waals surface area (Å²) < 4.78 is 3.21. The number of hydrogen-bond acceptors (Lipinski definition) is 3. The molecule has 21 heavy (non-hydrogen) atoms. The number of carbonyl (C=O) groups is 1. The van der Waals surface area contributed by atoms with E-state index in [1.165, 1.54) is 4.57 Å². The third-order valence-electron chi connectivity index (χ3n) is 3.63. The van der Waals surface area contributed by atoms with Crippen LogP contribution < -0.4 is 5.56 Å². The Morgan fingerprint density at radius 1 is 1.33 bits per heavy atom. The molecule has 0 aliphatic heterocycles. The average Bonchev–Trinajstić information content (AvgIpc) is 2.74. The molecule has 2 heterocycles. The molecule has 0 amide bonds. The van der Waals surface area contributed by atoms with Crippen molar-refractivity contribution in [3.63, 3.8) is 0 Å². The van der Waals surface area contributed by atoms with Crippen LogP contribution in [-0.2, 0) is 20.0 Å². The molecule has 0 radical (unpaired) electrons. The summed E-state index contributed by atoms with van der Waals surface area (Å²) in [6, 6.07) is 3.66. The van der Waals surface area contributed by atoms with E-state index in [2.05, 4.69) is 5.10 Å². The summed E-state index contributed by atoms with van der Waals surface area (Å²) in [5, 5.41) is 13.5. The molecule has 6 nitrogen and oxygen atoms in total. The zero-order chi connectivity index (χ0) is 15.7. The number of aromatic nitrogens is 3. The summed E-state index contributed by atoms with van der Waals surface area (Å²) in [5.74, 6) is -1.19. The van der Waals surface area contributed by atoms with Gasteiger partial charge in [-0.15, -0.1) is 0 Å². The van der Waals surface area contributed by atoms with Gasteiger partial charge in [0.1, 0.15) is 5.56 Å². The van der Waals surface area contributed by atoms with Gasteiger partial charge < -0.3 is 9.67 Å². The Kier molecular flexibility index (Phi) is 3.97. The Balaban J connectivity index is 2.54. The first-order valence-electron chi connectivity index (χ1n) is 6.81. The van der Waals surface area contributed by atoms with Gasteiger partial charge in [0, 0.05) is 12.7 Å². The molecule has 0 spiro atoms. The second kappa shape index (κ2) is 5.55. The molecule has 0 atom stereocenters. The Bertz CT molecular complexity index is 756. The lowest BCUT2D eigenvalue weighted by Crippen LogP contribution is -2.30. The minimum Gasteiger partial charge on any atom is -0.477 e. The van der Waals surface area contributed by atoms with Crippen LogP contribution in [0, 0.1) is 13.8 Å². The summed E-state index contributed by atoms with van der Waals surface area (Å²) in [5.41, 5.74) is 2.40. The molecule has 0 bridgehead atoms. The van der Waals surface area contributed by atoms with Crippen molar-refractivity contribution in [3.05, 3.63) is 50.7 Å². The largest absolute Gasteiger partial charge is 0.477 e. The van der Waals surface area contributed by atoms with Crippen LogP contribution in [0.1, 0.15) is 39.9 Å². The number of rotatable bonds is 4. The van der Waals surface area contributed by atoms with Crippen LogP contribution in [0.5, 0.6) is 0 Å². The molecule has 2 aromatic rings. The number of hydrogen-bond donors (Lipinski definition) is 1. The minimum atomic E-state index is -1.19. The number of carboxylic acids is 1. The molecule has 0 aromatic carbocycles. The van der Waals surface area contributed by atoms with E-state index in [9.17, 15) is 14.7 Å². The minimum absolute atomic E-state index is 0.168. The molecular weight excluding hydrogens is 270 g/mol. The normalized spacial score (nSPS) is 10.9. The highest BCUT2D eigenvalue weighted by Gasteiger charge is 2.17. The van der Waals surface area contributed by atoms with Crippen LogP contribution in [0.2, 0.25) is 0 Å². The fourth-order valence-corrected chi connectivity index (χ4v) is 2.44. The molecule has 0 aliphatic carbocycles. The highest BCUT2D eigenvalue weighted by molar-refractivity contribution is 5.88. The lowest BCUT2D eigenvalue weighted by Gasteiger charge is -2.12. The Morgan fingerprint density at radius 2 is 2.00 bits per heavy atom. The average molecular weight is 289 g/mol. The van der Waals surface area contributed by atoms with Crippen LogP contribution in [-0.4, -0.2) is 25.4 Å². The lowest BCUT2D eigenvalue weighted by atomic mass is 10.1. The fraction of sp³-hybridized carbons (Fsp3) is 0.400. The quantitative estimate of drug-likeness (QED) is 0.925. The molecule has 6 heteroatoms. The summed E-state index contributed by atoms with van der Waals surface area (Å²) in [6.45, 7) is 5.77. The maximum absolute atomic E-state index is 12.4. The number of aromatic carboxylic acids is 1. The Morgan fingerprint density at radius 3 is 2.52 bits per heavy atom. The molecule has 1 N–H and O–H groups in total. The van der Waals surface area contributed by atoms with E-state index in [-0.39, 0.29) is 5.56 Å². The third-order valence-corrected chi connectivity index (χ3v) is 3.63. The molecule has 2 aromatic heterocycles. The van der Waals surface area contributed by atoms with Crippen LogP contribution in [0.15, 0.2) is 16.9 Å². The van der Waals surface area contributed by atoms with E-state index in [0.29, 0.717) is 12.1 Å². The van der Waals surface area contributed by atoms with Gasteiger partial charge in [0.2, 0.25) is 0 Å². The molecule has 0 aliphatic rings. The lowest BCUT2D eigenvalue weighted by molar-refractivity contribution is 0.0693. The molecular formula is C15H19N3O3. The second-order valence-electron chi connectivity index (χ2n) is 5.14. The molecule has 0 saturated heterocycles. The van der Waals surface area contributed by atoms with Crippen LogP contribution in [0.25, 0.3) is 0 Å². The fourth-order valence-electron chi connectivity index (χ4n) is 2.44. The van der Waals surface area contributed by atoms with E-state index in [4.69, 9.17) is 0 Å². The van der Waals surface area contributed by atoms with E-state index >= 15 is 0 Å². The predicted molar refractivity (Wildman–Crippen MR) is 78.8 cm³/mol. The monoisotopic (exact) mass is 289 g/mol. The maximum atomic E-state index is 12.4. The smallest absolute Gasteiger partial charge is 0.341 e. The van der Waals surface area contributed by atoms with Crippen LogP contribution >= 0.6 is 0 Å². The van der Waals surface area contributed by atoms with Gasteiger partial charge in [-0.3, -0.25) is 9.48 Å². The van der Waals surface area contributed by atoms with Gasteiger partial charge in [0.15, 0.2) is 0 Å². The summed E-state index contributed by atoms with van der Waals surface area (Å²) in [4.78, 5) is 23.6. The van der Waals surface area contributed by atoms with Gasteiger partial charge in [0.25, 0.3) is 5.56 Å². The van der Waals surface area contributed by atoms with Crippen molar-refractivity contribution < 1.29 is 9.90 Å². The van der Waals surface area contributed by atoms with E-state index in [0.717, 1.165) is 23.5 Å². The third kappa shape index (κ3) is 2.74. The van der Waals surface area contributed by atoms with Crippen LogP contribution in [0.3, 0.4) is 0 Å². The Hall–Kier alpha value is -2.37. The van der Waals surface area contributed by atoms with Crippen molar-refractivity contribution in [3.8, 4) is 0 Å². The first-order chi connectivity index (χ1) is 9.85. The SMILES string of the molecule is CCc1cc(Cn2c(C)cc(C)c(C(=O)O)c2=O)n(C)n1. The molecule has 2 rings (SSSR count). The van der Waals surface area contributed by atoms with Crippen molar-refractivity contribution in [2.24, 2.45) is 7.05 Å². The van der Waals surface area contributed by atoms with E-state index < -0.39 is 11.5 Å². The van der Waals surface area contributed by atoms with Gasteiger partial charge in [-0.25, -0.2) is 4.79 Å². The summed E-state index contributed by atoms with van der Waals surface area (Å²) in [6.07, 6.45) is 0.815. The maximum Gasteiger partial charge on any atom is 0.341 e. The van der Waals surface area contributed by atoms with Crippen molar-refractivity contribution in [1.29, 1.82) is 0 Å². The number of carboxylic acid groups (broad SMARTS) is 1. The van der Waals surface area contributed by atoms with Crippen molar-refractivity contribution >= 4 is 5.97 Å². The number of nitrogens with zero attached hydrogens (tertiary/aromatic N) is 3. The van der Waals surface area contributed by atoms with Crippen molar-refractivity contribution in [1.82, 2.24) is 14.3 Å². The first kappa shape index (κ1) is 15.0. The molecule has 0 fully saturated rings. The van der Waals surface area contributed by atoms with Gasteiger partial charge in [-0.05, 0) is 38.0 Å². The second-order valence-corrected chi connectivity index (χ2v) is 5.14.